The quantitative estimate of drug-likeness (QED) is 0.169. The minimum Gasteiger partial charge on any atom is -0.388 e. The van der Waals surface area contributed by atoms with Gasteiger partial charge in [0, 0.05) is 58.3 Å². The highest BCUT2D eigenvalue weighted by molar-refractivity contribution is 6.31. The highest BCUT2D eigenvalue weighted by Crippen LogP contribution is 2.39. The first-order chi connectivity index (χ1) is 23.2. The van der Waals surface area contributed by atoms with E-state index in [0.717, 1.165) is 11.6 Å². The van der Waals surface area contributed by atoms with Crippen molar-refractivity contribution in [3.05, 3.63) is 123 Å². The summed E-state index contributed by atoms with van der Waals surface area (Å²) in [4.78, 5) is 34.4. The normalized spacial score (nSPS) is 16.3. The van der Waals surface area contributed by atoms with Crippen LogP contribution in [0.1, 0.15) is 52.1 Å². The molecule has 2 aromatic heterocycles. The molecule has 6 rings (SSSR count). The van der Waals surface area contributed by atoms with Gasteiger partial charge in [0.25, 0.3) is 5.91 Å². The number of amidine groups is 1. The number of pyridine rings is 1. The molecular formula is C33H31ClFN9O4. The zero-order valence-electron chi connectivity index (χ0n) is 25.8. The molecule has 1 atom stereocenters. The van der Waals surface area contributed by atoms with Crippen LogP contribution in [0.25, 0.3) is 0 Å². The molecule has 2 aromatic carbocycles. The van der Waals surface area contributed by atoms with Crippen LogP contribution in [-0.4, -0.2) is 62.4 Å². The average molecular weight is 672 g/mol. The van der Waals surface area contributed by atoms with Gasteiger partial charge in [-0.3, -0.25) is 24.2 Å². The number of amides is 1. The Morgan fingerprint density at radius 2 is 1.88 bits per heavy atom. The molecule has 0 aliphatic carbocycles. The van der Waals surface area contributed by atoms with E-state index in [2.05, 4.69) is 36.2 Å². The molecule has 0 bridgehead atoms. The van der Waals surface area contributed by atoms with Crippen molar-refractivity contribution in [2.24, 2.45) is 15.2 Å². The Morgan fingerprint density at radius 3 is 2.58 bits per heavy atom. The molecule has 13 nitrogen and oxygen atoms in total. The standard InChI is InChI=1S/C33H31ClFN9O4/c1-33(41-42-33)22-5-3-21(4-6-22)32(47)37-11-2-14-44-16-24(40-43-44)18-48-19-27-29(28(46)17-45)30(25-8-7-23(35)15-26(25)34)39-31(38-27)20-9-12-36-13-10-20/h3-10,12-13,15-16,30,45H,2,11,14,17-19H2,1H3,(H,37,47)(H,38,39). The van der Waals surface area contributed by atoms with Crippen molar-refractivity contribution in [3.63, 3.8) is 0 Å². The van der Waals surface area contributed by atoms with Crippen molar-refractivity contribution in [2.75, 3.05) is 19.8 Å². The smallest absolute Gasteiger partial charge is 0.251 e. The minimum atomic E-state index is -0.931. The van der Waals surface area contributed by atoms with Crippen LogP contribution in [-0.2, 0) is 28.3 Å². The molecular weight excluding hydrogens is 641 g/mol. The number of ketones is 1. The van der Waals surface area contributed by atoms with Crippen molar-refractivity contribution in [1.29, 1.82) is 0 Å². The van der Waals surface area contributed by atoms with Gasteiger partial charge in [0.05, 0.1) is 25.1 Å². The first kappa shape index (κ1) is 32.7. The lowest BCUT2D eigenvalue weighted by atomic mass is 9.92. The third-order valence-electron chi connectivity index (χ3n) is 7.81. The van der Waals surface area contributed by atoms with Gasteiger partial charge in [-0.1, -0.05) is 35.0 Å². The molecule has 0 saturated carbocycles. The fraction of sp³-hybridized carbons (Fsp3) is 0.273. The molecule has 0 saturated heterocycles. The number of Topliss-reactive ketones (excluding diaryl/α,β-unsaturated/α-hetero) is 1. The molecule has 0 radical (unpaired) electrons. The van der Waals surface area contributed by atoms with Gasteiger partial charge in [-0.05, 0) is 49.7 Å². The number of aliphatic hydroxyl groups excluding tert-OH is 1. The lowest BCUT2D eigenvalue weighted by molar-refractivity contribution is -0.118. The third-order valence-corrected chi connectivity index (χ3v) is 8.13. The fourth-order valence-corrected chi connectivity index (χ4v) is 5.44. The topological polar surface area (TPSA) is 168 Å². The Bertz CT molecular complexity index is 1910. The number of carbonyl (C=O) groups excluding carboxylic acids is 2. The lowest BCUT2D eigenvalue weighted by Crippen LogP contribution is -2.36. The summed E-state index contributed by atoms with van der Waals surface area (Å²) in [5.41, 5.74) is 3.17. The Balaban J connectivity index is 1.07. The number of rotatable bonds is 14. The molecule has 4 heterocycles. The Hall–Kier alpha value is -5.18. The van der Waals surface area contributed by atoms with Crippen LogP contribution >= 0.6 is 11.6 Å². The van der Waals surface area contributed by atoms with Crippen molar-refractivity contribution < 1.29 is 23.8 Å². The summed E-state index contributed by atoms with van der Waals surface area (Å²) in [5.74, 6) is -0.867. The molecule has 1 unspecified atom stereocenters. The zero-order valence-corrected chi connectivity index (χ0v) is 26.6. The van der Waals surface area contributed by atoms with Crippen molar-refractivity contribution in [2.45, 2.75) is 38.2 Å². The van der Waals surface area contributed by atoms with Crippen molar-refractivity contribution >= 4 is 29.1 Å². The van der Waals surface area contributed by atoms with Gasteiger partial charge in [-0.25, -0.2) is 4.39 Å². The number of aromatic nitrogens is 4. The maximum atomic E-state index is 13.9. The van der Waals surface area contributed by atoms with Gasteiger partial charge in [0.15, 0.2) is 5.78 Å². The van der Waals surface area contributed by atoms with Crippen LogP contribution in [0.2, 0.25) is 5.02 Å². The van der Waals surface area contributed by atoms with E-state index in [1.165, 1.54) is 12.1 Å². The number of benzene rings is 2. The second-order valence-electron chi connectivity index (χ2n) is 11.3. The fourth-order valence-electron chi connectivity index (χ4n) is 5.17. The first-order valence-corrected chi connectivity index (χ1v) is 15.5. The van der Waals surface area contributed by atoms with Gasteiger partial charge in [-0.15, -0.1) is 5.10 Å². The number of carbonyl (C=O) groups is 2. The number of nitrogens with zero attached hydrogens (tertiary/aromatic N) is 7. The van der Waals surface area contributed by atoms with Crippen molar-refractivity contribution in [3.8, 4) is 0 Å². The molecule has 0 spiro atoms. The summed E-state index contributed by atoms with van der Waals surface area (Å²) in [6, 6.07) is 13.6. The van der Waals surface area contributed by atoms with E-state index < -0.39 is 29.9 Å². The number of aryl methyl sites for hydroxylation is 1. The molecule has 48 heavy (non-hydrogen) atoms. The zero-order chi connectivity index (χ0) is 33.7. The van der Waals surface area contributed by atoms with Crippen LogP contribution in [0.4, 0.5) is 4.39 Å². The number of halogens is 2. The Labute approximate surface area is 279 Å². The van der Waals surface area contributed by atoms with E-state index in [1.54, 1.807) is 47.5 Å². The molecule has 0 fully saturated rings. The molecule has 2 aliphatic rings. The SMILES string of the molecule is CC1(c2ccc(C(=O)NCCCn3cc(COCC4=C(C(=O)CO)C(c5ccc(F)cc5Cl)N=C(c5ccncc5)N4)nn3)cc2)N=N1. The number of ether oxygens (including phenoxy) is 1. The highest BCUT2D eigenvalue weighted by Gasteiger charge is 2.36. The molecule has 2 aliphatic heterocycles. The van der Waals surface area contributed by atoms with Crippen LogP contribution in [0, 0.1) is 5.82 Å². The third kappa shape index (κ3) is 7.51. The number of aliphatic hydroxyl groups is 1. The molecule has 246 valence electrons. The average Bonchev–Trinajstić information content (AvgIpc) is 3.70. The van der Waals surface area contributed by atoms with Gasteiger partial charge in [0.1, 0.15) is 30.0 Å². The largest absolute Gasteiger partial charge is 0.388 e. The van der Waals surface area contributed by atoms with Gasteiger partial charge in [0.2, 0.25) is 5.66 Å². The Morgan fingerprint density at radius 1 is 1.10 bits per heavy atom. The maximum absolute atomic E-state index is 13.9. The van der Waals surface area contributed by atoms with E-state index in [1.807, 2.05) is 19.1 Å². The van der Waals surface area contributed by atoms with E-state index in [9.17, 15) is 19.1 Å². The lowest BCUT2D eigenvalue weighted by Gasteiger charge is -2.28. The monoisotopic (exact) mass is 671 g/mol. The second-order valence-corrected chi connectivity index (χ2v) is 11.7. The van der Waals surface area contributed by atoms with Gasteiger partial charge in [-0.2, -0.15) is 10.2 Å². The summed E-state index contributed by atoms with van der Waals surface area (Å²) >= 11 is 6.40. The summed E-state index contributed by atoms with van der Waals surface area (Å²) in [6.45, 7) is 2.09. The predicted molar refractivity (Wildman–Crippen MR) is 172 cm³/mol. The molecule has 15 heteroatoms. The number of hydrogen-bond acceptors (Lipinski definition) is 11. The highest BCUT2D eigenvalue weighted by atomic mass is 35.5. The van der Waals surface area contributed by atoms with E-state index in [0.29, 0.717) is 53.4 Å². The van der Waals surface area contributed by atoms with Crippen LogP contribution in [0.15, 0.2) is 99.7 Å². The number of aliphatic imine (C=N–C) groups is 1. The second kappa shape index (κ2) is 14.3. The van der Waals surface area contributed by atoms with Gasteiger partial charge >= 0.3 is 0 Å². The first-order valence-electron chi connectivity index (χ1n) is 15.1. The number of hydrogen-bond donors (Lipinski definition) is 3. The van der Waals surface area contributed by atoms with Crippen LogP contribution < -0.4 is 10.6 Å². The molecule has 1 amide bonds. The van der Waals surface area contributed by atoms with Crippen LogP contribution in [0.5, 0.6) is 0 Å². The summed E-state index contributed by atoms with van der Waals surface area (Å²) in [6.07, 6.45) is 5.57. The van der Waals surface area contributed by atoms with E-state index in [-0.39, 0.29) is 29.7 Å². The number of nitrogens with one attached hydrogen (secondary N) is 2. The molecule has 4 aromatic rings. The summed E-state index contributed by atoms with van der Waals surface area (Å²) < 4.78 is 21.5. The minimum absolute atomic E-state index is 0.0663. The Kier molecular flexibility index (Phi) is 9.75. The van der Waals surface area contributed by atoms with Gasteiger partial charge < -0.3 is 20.5 Å². The maximum Gasteiger partial charge on any atom is 0.251 e. The van der Waals surface area contributed by atoms with E-state index in [4.69, 9.17) is 21.3 Å². The van der Waals surface area contributed by atoms with Crippen LogP contribution in [0.3, 0.4) is 0 Å². The summed E-state index contributed by atoms with van der Waals surface area (Å²) in [5, 5.41) is 32.3. The summed E-state index contributed by atoms with van der Waals surface area (Å²) in [7, 11) is 0. The predicted octanol–water partition coefficient (Wildman–Crippen LogP) is 4.05. The molecule has 3 N–H and O–H groups in total. The van der Waals surface area contributed by atoms with Crippen molar-refractivity contribution in [1.82, 2.24) is 30.6 Å². The van der Waals surface area contributed by atoms with E-state index >= 15 is 0 Å².